The molecule has 2 heterocycles. The number of amides is 2. The van der Waals surface area contributed by atoms with E-state index < -0.39 is 0 Å². The smallest absolute Gasteiger partial charge is 0.291 e. The first-order chi connectivity index (χ1) is 13.5. The number of para-hydroxylation sites is 1. The Morgan fingerprint density at radius 1 is 1.18 bits per heavy atom. The quantitative estimate of drug-likeness (QED) is 0.769. The second kappa shape index (κ2) is 9.01. The zero-order valence-electron chi connectivity index (χ0n) is 16.9. The van der Waals surface area contributed by atoms with Crippen LogP contribution in [-0.2, 0) is 19.4 Å². The van der Waals surface area contributed by atoms with Gasteiger partial charge < -0.3 is 20.1 Å². The van der Waals surface area contributed by atoms with Crippen molar-refractivity contribution in [3.8, 4) is 0 Å². The van der Waals surface area contributed by atoms with Crippen LogP contribution in [0.15, 0.2) is 24.3 Å². The standard InChI is InChI=1S/C21H29N5O2/c1-4-15-9-5-6-10-16(15)23-21(28)19-24-18(17-11-7-8-13-26(17)19)20(27)22-12-14-25(2)3/h5-6,9-10H,4,7-8,11-14H2,1-3H3,(H,22,27)(H,23,28). The van der Waals surface area contributed by atoms with Gasteiger partial charge in [-0.3, -0.25) is 9.59 Å². The van der Waals surface area contributed by atoms with Gasteiger partial charge in [-0.2, -0.15) is 0 Å². The summed E-state index contributed by atoms with van der Waals surface area (Å²) in [6.45, 7) is 4.07. The molecule has 28 heavy (non-hydrogen) atoms. The molecule has 7 nitrogen and oxygen atoms in total. The summed E-state index contributed by atoms with van der Waals surface area (Å²) in [7, 11) is 3.92. The maximum atomic E-state index is 13.0. The summed E-state index contributed by atoms with van der Waals surface area (Å²) in [6.07, 6.45) is 3.58. The van der Waals surface area contributed by atoms with Gasteiger partial charge in [0.2, 0.25) is 0 Å². The highest BCUT2D eigenvalue weighted by Gasteiger charge is 2.27. The van der Waals surface area contributed by atoms with Crippen molar-refractivity contribution >= 4 is 17.5 Å². The molecule has 1 aliphatic rings. The SMILES string of the molecule is CCc1ccccc1NC(=O)c1nc(C(=O)NCCN(C)C)c2n1CCCC2. The number of anilines is 1. The van der Waals surface area contributed by atoms with Crippen LogP contribution >= 0.6 is 0 Å². The molecule has 1 aromatic carbocycles. The van der Waals surface area contributed by atoms with E-state index in [1.54, 1.807) is 0 Å². The van der Waals surface area contributed by atoms with Crippen LogP contribution in [0.1, 0.15) is 52.1 Å². The minimum absolute atomic E-state index is 0.208. The van der Waals surface area contributed by atoms with Gasteiger partial charge in [-0.15, -0.1) is 0 Å². The minimum Gasteiger partial charge on any atom is -0.349 e. The maximum Gasteiger partial charge on any atom is 0.291 e. The Morgan fingerprint density at radius 3 is 2.71 bits per heavy atom. The number of fused-ring (bicyclic) bond motifs is 1. The van der Waals surface area contributed by atoms with E-state index >= 15 is 0 Å². The normalized spacial score (nSPS) is 13.3. The van der Waals surface area contributed by atoms with E-state index in [1.807, 2.05) is 47.8 Å². The van der Waals surface area contributed by atoms with Crippen LogP contribution in [-0.4, -0.2) is 53.5 Å². The molecule has 0 bridgehead atoms. The number of carbonyl (C=O) groups is 2. The van der Waals surface area contributed by atoms with Gasteiger partial charge in [-0.05, 0) is 51.4 Å². The lowest BCUT2D eigenvalue weighted by atomic mass is 10.1. The van der Waals surface area contributed by atoms with Crippen molar-refractivity contribution in [2.75, 3.05) is 32.5 Å². The molecule has 2 N–H and O–H groups in total. The molecule has 1 aliphatic heterocycles. The van der Waals surface area contributed by atoms with Crippen LogP contribution in [0.4, 0.5) is 5.69 Å². The Hall–Kier alpha value is -2.67. The molecule has 7 heteroatoms. The number of carbonyl (C=O) groups excluding carboxylic acids is 2. The summed E-state index contributed by atoms with van der Waals surface area (Å²) in [5, 5.41) is 5.89. The molecular weight excluding hydrogens is 354 g/mol. The van der Waals surface area contributed by atoms with Crippen molar-refractivity contribution in [3.05, 3.63) is 47.0 Å². The van der Waals surface area contributed by atoms with Crippen molar-refractivity contribution < 1.29 is 9.59 Å². The van der Waals surface area contributed by atoms with Crippen molar-refractivity contribution in [1.82, 2.24) is 19.8 Å². The fraction of sp³-hybridized carbons (Fsp3) is 0.476. The topological polar surface area (TPSA) is 79.3 Å². The first-order valence-corrected chi connectivity index (χ1v) is 9.92. The Balaban J connectivity index is 1.84. The molecule has 0 fully saturated rings. The van der Waals surface area contributed by atoms with Gasteiger partial charge in [-0.1, -0.05) is 25.1 Å². The van der Waals surface area contributed by atoms with Crippen LogP contribution < -0.4 is 10.6 Å². The van der Waals surface area contributed by atoms with Gasteiger partial charge in [0.1, 0.15) is 5.69 Å². The second-order valence-electron chi connectivity index (χ2n) is 7.36. The Labute approximate surface area is 166 Å². The van der Waals surface area contributed by atoms with E-state index in [9.17, 15) is 9.59 Å². The highest BCUT2D eigenvalue weighted by Crippen LogP contribution is 2.23. The molecule has 3 rings (SSSR count). The highest BCUT2D eigenvalue weighted by atomic mass is 16.2. The number of aryl methyl sites for hydroxylation is 1. The van der Waals surface area contributed by atoms with E-state index in [2.05, 4.69) is 22.5 Å². The summed E-state index contributed by atoms with van der Waals surface area (Å²) < 4.78 is 1.91. The predicted molar refractivity (Wildman–Crippen MR) is 110 cm³/mol. The van der Waals surface area contributed by atoms with Crippen LogP contribution in [0.3, 0.4) is 0 Å². The average Bonchev–Trinajstić information content (AvgIpc) is 3.08. The minimum atomic E-state index is -0.267. The first kappa shape index (κ1) is 20.1. The number of aromatic nitrogens is 2. The summed E-state index contributed by atoms with van der Waals surface area (Å²) >= 11 is 0. The van der Waals surface area contributed by atoms with E-state index in [-0.39, 0.29) is 11.8 Å². The van der Waals surface area contributed by atoms with Crippen LogP contribution in [0.5, 0.6) is 0 Å². The first-order valence-electron chi connectivity index (χ1n) is 9.92. The predicted octanol–water partition coefficient (Wildman–Crippen LogP) is 2.33. The van der Waals surface area contributed by atoms with E-state index in [0.29, 0.717) is 24.6 Å². The summed E-state index contributed by atoms with van der Waals surface area (Å²) in [4.78, 5) is 32.1. The maximum absolute atomic E-state index is 13.0. The molecule has 2 aromatic rings. The number of benzene rings is 1. The highest BCUT2D eigenvalue weighted by molar-refractivity contribution is 6.04. The number of rotatable bonds is 7. The third-order valence-electron chi connectivity index (χ3n) is 5.03. The third kappa shape index (κ3) is 4.42. The van der Waals surface area contributed by atoms with E-state index in [0.717, 1.165) is 49.2 Å². The van der Waals surface area contributed by atoms with Gasteiger partial charge in [0, 0.05) is 25.3 Å². The molecule has 0 unspecified atom stereocenters. The lowest BCUT2D eigenvalue weighted by molar-refractivity contribution is 0.0945. The molecule has 0 atom stereocenters. The molecule has 0 radical (unpaired) electrons. The monoisotopic (exact) mass is 383 g/mol. The average molecular weight is 383 g/mol. The number of likely N-dealkylation sites (N-methyl/N-ethyl adjacent to an activating group) is 1. The summed E-state index contributed by atoms with van der Waals surface area (Å²) in [5.41, 5.74) is 3.11. The van der Waals surface area contributed by atoms with Crippen molar-refractivity contribution in [2.24, 2.45) is 0 Å². The number of hydrogen-bond acceptors (Lipinski definition) is 4. The molecule has 0 saturated carbocycles. The van der Waals surface area contributed by atoms with Crippen LogP contribution in [0, 0.1) is 0 Å². The van der Waals surface area contributed by atoms with Gasteiger partial charge in [-0.25, -0.2) is 4.98 Å². The molecule has 0 spiro atoms. The molecule has 0 aliphatic carbocycles. The Kier molecular flexibility index (Phi) is 6.46. The van der Waals surface area contributed by atoms with Gasteiger partial charge in [0.05, 0.1) is 5.69 Å². The van der Waals surface area contributed by atoms with Gasteiger partial charge in [0.25, 0.3) is 11.8 Å². The zero-order chi connectivity index (χ0) is 20.1. The number of imidazole rings is 1. The van der Waals surface area contributed by atoms with Crippen molar-refractivity contribution in [1.29, 1.82) is 0 Å². The Morgan fingerprint density at radius 2 is 1.96 bits per heavy atom. The largest absolute Gasteiger partial charge is 0.349 e. The van der Waals surface area contributed by atoms with Gasteiger partial charge >= 0.3 is 0 Å². The van der Waals surface area contributed by atoms with E-state index in [4.69, 9.17) is 0 Å². The zero-order valence-corrected chi connectivity index (χ0v) is 16.9. The number of nitrogens with one attached hydrogen (secondary N) is 2. The molecule has 0 saturated heterocycles. The van der Waals surface area contributed by atoms with Crippen molar-refractivity contribution in [2.45, 2.75) is 39.2 Å². The fourth-order valence-corrected chi connectivity index (χ4v) is 3.50. The fourth-order valence-electron chi connectivity index (χ4n) is 3.50. The summed E-state index contributed by atoms with van der Waals surface area (Å²) in [6, 6.07) is 7.76. The summed E-state index contributed by atoms with van der Waals surface area (Å²) in [5.74, 6) is -0.157. The van der Waals surface area contributed by atoms with Gasteiger partial charge in [0.15, 0.2) is 5.82 Å². The van der Waals surface area contributed by atoms with Crippen LogP contribution in [0.2, 0.25) is 0 Å². The van der Waals surface area contributed by atoms with Crippen LogP contribution in [0.25, 0.3) is 0 Å². The lowest BCUT2D eigenvalue weighted by Crippen LogP contribution is -2.32. The van der Waals surface area contributed by atoms with Crippen molar-refractivity contribution in [3.63, 3.8) is 0 Å². The molecule has 2 amide bonds. The third-order valence-corrected chi connectivity index (χ3v) is 5.03. The Bertz CT molecular complexity index is 856. The molecule has 1 aromatic heterocycles. The second-order valence-corrected chi connectivity index (χ2v) is 7.36. The molecule has 150 valence electrons. The lowest BCUT2D eigenvalue weighted by Gasteiger charge is -2.17. The van der Waals surface area contributed by atoms with E-state index in [1.165, 1.54) is 0 Å². The number of nitrogens with zero attached hydrogens (tertiary/aromatic N) is 3. The molecular formula is C21H29N5O2. The number of hydrogen-bond donors (Lipinski definition) is 2.